The van der Waals surface area contributed by atoms with Crippen LogP contribution in [0, 0.1) is 0 Å². The second-order valence-electron chi connectivity index (χ2n) is 5.26. The van der Waals surface area contributed by atoms with Crippen LogP contribution in [-0.2, 0) is 13.1 Å². The summed E-state index contributed by atoms with van der Waals surface area (Å²) in [5, 5.41) is 7.97. The molecule has 0 aliphatic rings. The van der Waals surface area contributed by atoms with Gasteiger partial charge in [0.05, 0.1) is 24.3 Å². The van der Waals surface area contributed by atoms with Crippen molar-refractivity contribution in [1.29, 1.82) is 0 Å². The summed E-state index contributed by atoms with van der Waals surface area (Å²) in [6, 6.07) is 2.54. The molecule has 0 aromatic carbocycles. The standard InChI is InChI=1S/C15H25N5/c1-4-7-16-9-15-11-19(12-17-15)10-14-6-8-20(18-14)13(3)5-2/h6,8,11-13,16H,4-5,7,9-10H2,1-3H3. The fraction of sp³-hybridized carbons (Fsp3) is 0.600. The van der Waals surface area contributed by atoms with Crippen LogP contribution in [0.4, 0.5) is 0 Å². The zero-order valence-corrected chi connectivity index (χ0v) is 12.7. The third kappa shape index (κ3) is 3.93. The Morgan fingerprint density at radius 1 is 1.30 bits per heavy atom. The van der Waals surface area contributed by atoms with Crippen molar-refractivity contribution in [1.82, 2.24) is 24.6 Å². The largest absolute Gasteiger partial charge is 0.331 e. The highest BCUT2D eigenvalue weighted by Crippen LogP contribution is 2.10. The van der Waals surface area contributed by atoms with Crippen LogP contribution in [0.5, 0.6) is 0 Å². The number of rotatable bonds is 8. The lowest BCUT2D eigenvalue weighted by Gasteiger charge is -2.08. The predicted molar refractivity (Wildman–Crippen MR) is 80.6 cm³/mol. The van der Waals surface area contributed by atoms with Gasteiger partial charge in [-0.25, -0.2) is 4.98 Å². The van der Waals surface area contributed by atoms with Crippen LogP contribution >= 0.6 is 0 Å². The molecule has 0 spiro atoms. The SMILES string of the molecule is CCCNCc1cn(Cc2ccn(C(C)CC)n2)cn1. The fourth-order valence-corrected chi connectivity index (χ4v) is 2.06. The second kappa shape index (κ2) is 7.24. The lowest BCUT2D eigenvalue weighted by Crippen LogP contribution is -2.13. The molecule has 20 heavy (non-hydrogen) atoms. The molecule has 1 N–H and O–H groups in total. The minimum Gasteiger partial charge on any atom is -0.331 e. The van der Waals surface area contributed by atoms with Gasteiger partial charge < -0.3 is 9.88 Å². The maximum Gasteiger partial charge on any atom is 0.0953 e. The average molecular weight is 275 g/mol. The van der Waals surface area contributed by atoms with Gasteiger partial charge >= 0.3 is 0 Å². The second-order valence-corrected chi connectivity index (χ2v) is 5.26. The number of hydrogen-bond donors (Lipinski definition) is 1. The Labute approximate surface area is 121 Å². The van der Waals surface area contributed by atoms with Crippen molar-refractivity contribution < 1.29 is 0 Å². The first-order chi connectivity index (χ1) is 9.72. The highest BCUT2D eigenvalue weighted by Gasteiger charge is 2.05. The van der Waals surface area contributed by atoms with Gasteiger partial charge in [-0.3, -0.25) is 4.68 Å². The molecule has 1 atom stereocenters. The van der Waals surface area contributed by atoms with Crippen LogP contribution < -0.4 is 5.32 Å². The highest BCUT2D eigenvalue weighted by atomic mass is 15.3. The molecule has 2 heterocycles. The minimum absolute atomic E-state index is 0.459. The van der Waals surface area contributed by atoms with Crippen LogP contribution in [0.25, 0.3) is 0 Å². The van der Waals surface area contributed by atoms with E-state index in [-0.39, 0.29) is 0 Å². The van der Waals surface area contributed by atoms with E-state index in [1.54, 1.807) is 0 Å². The molecule has 2 aromatic rings. The summed E-state index contributed by atoms with van der Waals surface area (Å²) in [6.07, 6.45) is 8.27. The van der Waals surface area contributed by atoms with Crippen molar-refractivity contribution in [2.45, 2.75) is 52.7 Å². The summed E-state index contributed by atoms with van der Waals surface area (Å²) in [5.41, 5.74) is 2.16. The molecule has 0 aliphatic heterocycles. The molecule has 0 saturated heterocycles. The topological polar surface area (TPSA) is 47.7 Å². The zero-order valence-electron chi connectivity index (χ0n) is 12.7. The molecule has 5 heteroatoms. The third-order valence-electron chi connectivity index (χ3n) is 3.47. The van der Waals surface area contributed by atoms with Crippen molar-refractivity contribution in [3.05, 3.63) is 36.2 Å². The third-order valence-corrected chi connectivity index (χ3v) is 3.47. The average Bonchev–Trinajstić information content (AvgIpc) is 3.08. The summed E-state index contributed by atoms with van der Waals surface area (Å²) in [4.78, 5) is 4.41. The summed E-state index contributed by atoms with van der Waals surface area (Å²) in [7, 11) is 0. The maximum absolute atomic E-state index is 4.61. The molecule has 0 aliphatic carbocycles. The van der Waals surface area contributed by atoms with Crippen molar-refractivity contribution in [3.8, 4) is 0 Å². The quantitative estimate of drug-likeness (QED) is 0.753. The zero-order chi connectivity index (χ0) is 14.4. The number of hydrogen-bond acceptors (Lipinski definition) is 3. The molecule has 0 fully saturated rings. The Balaban J connectivity index is 1.91. The minimum atomic E-state index is 0.459. The molecule has 1 unspecified atom stereocenters. The van der Waals surface area contributed by atoms with Crippen molar-refractivity contribution in [2.24, 2.45) is 0 Å². The van der Waals surface area contributed by atoms with Crippen LogP contribution in [-0.4, -0.2) is 25.9 Å². The highest BCUT2D eigenvalue weighted by molar-refractivity contribution is 5.03. The first kappa shape index (κ1) is 14.8. The number of nitrogens with zero attached hydrogens (tertiary/aromatic N) is 4. The molecule has 2 aromatic heterocycles. The van der Waals surface area contributed by atoms with E-state index in [0.29, 0.717) is 6.04 Å². The van der Waals surface area contributed by atoms with Crippen molar-refractivity contribution in [3.63, 3.8) is 0 Å². The smallest absolute Gasteiger partial charge is 0.0953 e. The van der Waals surface area contributed by atoms with Gasteiger partial charge in [0, 0.05) is 25.0 Å². The van der Waals surface area contributed by atoms with Crippen molar-refractivity contribution >= 4 is 0 Å². The molecule has 2 rings (SSSR count). The molecule has 110 valence electrons. The Kier molecular flexibility index (Phi) is 5.35. The normalized spacial score (nSPS) is 12.8. The van der Waals surface area contributed by atoms with E-state index in [0.717, 1.165) is 43.9 Å². The molecule has 0 radical (unpaired) electrons. The summed E-state index contributed by atoms with van der Waals surface area (Å²) in [5.74, 6) is 0. The molecular weight excluding hydrogens is 250 g/mol. The van der Waals surface area contributed by atoms with Gasteiger partial charge in [0.2, 0.25) is 0 Å². The predicted octanol–water partition coefficient (Wildman–Crippen LogP) is 2.60. The van der Waals surface area contributed by atoms with E-state index in [1.807, 2.05) is 11.0 Å². The van der Waals surface area contributed by atoms with Gasteiger partial charge in [0.15, 0.2) is 0 Å². The first-order valence-electron chi connectivity index (χ1n) is 7.48. The number of imidazole rings is 1. The maximum atomic E-state index is 4.61. The Morgan fingerprint density at radius 3 is 2.90 bits per heavy atom. The monoisotopic (exact) mass is 275 g/mol. The molecule has 0 amide bonds. The summed E-state index contributed by atoms with van der Waals surface area (Å²) < 4.78 is 4.13. The van der Waals surface area contributed by atoms with Crippen molar-refractivity contribution in [2.75, 3.05) is 6.54 Å². The van der Waals surface area contributed by atoms with E-state index in [9.17, 15) is 0 Å². The summed E-state index contributed by atoms with van der Waals surface area (Å²) in [6.45, 7) is 9.18. The van der Waals surface area contributed by atoms with E-state index in [2.05, 4.69) is 59.2 Å². The number of aromatic nitrogens is 4. The van der Waals surface area contributed by atoms with Crippen LogP contribution in [0.3, 0.4) is 0 Å². The Morgan fingerprint density at radius 2 is 2.15 bits per heavy atom. The van der Waals surface area contributed by atoms with Gasteiger partial charge in [0.1, 0.15) is 0 Å². The Bertz CT molecular complexity index is 514. The van der Waals surface area contributed by atoms with Gasteiger partial charge in [-0.1, -0.05) is 13.8 Å². The van der Waals surface area contributed by atoms with Crippen LogP contribution in [0.2, 0.25) is 0 Å². The lowest BCUT2D eigenvalue weighted by atomic mass is 10.3. The van der Waals surface area contributed by atoms with E-state index in [1.165, 1.54) is 0 Å². The molecular formula is C15H25N5. The molecule has 5 nitrogen and oxygen atoms in total. The van der Waals surface area contributed by atoms with Gasteiger partial charge in [-0.15, -0.1) is 0 Å². The van der Waals surface area contributed by atoms with E-state index in [4.69, 9.17) is 0 Å². The first-order valence-corrected chi connectivity index (χ1v) is 7.48. The van der Waals surface area contributed by atoms with Gasteiger partial charge in [-0.2, -0.15) is 5.10 Å². The number of nitrogens with one attached hydrogen (secondary N) is 1. The Hall–Kier alpha value is -1.62. The van der Waals surface area contributed by atoms with Gasteiger partial charge in [0.25, 0.3) is 0 Å². The fourth-order valence-electron chi connectivity index (χ4n) is 2.06. The van der Waals surface area contributed by atoms with E-state index < -0.39 is 0 Å². The van der Waals surface area contributed by atoms with Crippen LogP contribution in [0.1, 0.15) is 51.0 Å². The van der Waals surface area contributed by atoms with Crippen LogP contribution in [0.15, 0.2) is 24.8 Å². The van der Waals surface area contributed by atoms with Gasteiger partial charge in [-0.05, 0) is 32.4 Å². The molecule has 0 saturated carbocycles. The summed E-state index contributed by atoms with van der Waals surface area (Å²) >= 11 is 0. The molecule has 0 bridgehead atoms. The lowest BCUT2D eigenvalue weighted by molar-refractivity contribution is 0.472. The van der Waals surface area contributed by atoms with E-state index >= 15 is 0 Å².